The van der Waals surface area contributed by atoms with Gasteiger partial charge >= 0.3 is 6.03 Å². The van der Waals surface area contributed by atoms with Crippen molar-refractivity contribution < 1.29 is 9.63 Å². The number of carbonyl (C=O) groups excluding carboxylic acids is 1. The minimum Gasteiger partial charge on any atom is -0.324 e. The highest BCUT2D eigenvalue weighted by molar-refractivity contribution is 6.33. The van der Waals surface area contributed by atoms with E-state index in [1.165, 1.54) is 5.56 Å². The quantitative estimate of drug-likeness (QED) is 0.797. The molecule has 1 spiro atoms. The van der Waals surface area contributed by atoms with Gasteiger partial charge in [-0.15, -0.1) is 0 Å². The van der Waals surface area contributed by atoms with Crippen molar-refractivity contribution >= 4 is 29.0 Å². The van der Waals surface area contributed by atoms with Crippen molar-refractivity contribution in [3.8, 4) is 0 Å². The van der Waals surface area contributed by atoms with Crippen LogP contribution in [0.5, 0.6) is 0 Å². The van der Waals surface area contributed by atoms with E-state index < -0.39 is 0 Å². The molecule has 2 aliphatic heterocycles. The van der Waals surface area contributed by atoms with E-state index in [0.717, 1.165) is 24.1 Å². The van der Waals surface area contributed by atoms with E-state index in [1.54, 1.807) is 17.0 Å². The van der Waals surface area contributed by atoms with Gasteiger partial charge in [-0.25, -0.2) is 4.79 Å². The van der Waals surface area contributed by atoms with Gasteiger partial charge in [0.15, 0.2) is 0 Å². The Balaban J connectivity index is 1.39. The Bertz CT molecular complexity index is 871. The molecule has 0 atom stereocenters. The van der Waals surface area contributed by atoms with Gasteiger partial charge in [0.25, 0.3) is 0 Å². The number of amides is 2. The maximum absolute atomic E-state index is 12.5. The van der Waals surface area contributed by atoms with E-state index in [0.29, 0.717) is 23.8 Å². The van der Waals surface area contributed by atoms with Crippen LogP contribution in [-0.2, 0) is 4.84 Å². The normalized spacial score (nSPS) is 18.1. The van der Waals surface area contributed by atoms with Crippen LogP contribution >= 0.6 is 11.6 Å². The van der Waals surface area contributed by atoms with E-state index in [2.05, 4.69) is 48.1 Å². The van der Waals surface area contributed by atoms with Gasteiger partial charge in [0.2, 0.25) is 0 Å². The highest BCUT2D eigenvalue weighted by atomic mass is 35.5. The third-order valence-corrected chi connectivity index (χ3v) is 5.48. The summed E-state index contributed by atoms with van der Waals surface area (Å²) in [6.45, 7) is 3.31. The summed E-state index contributed by atoms with van der Waals surface area (Å²) in [5.41, 5.74) is 6.66. The van der Waals surface area contributed by atoms with Crippen LogP contribution in [0.4, 0.5) is 10.5 Å². The number of hydrogen-bond donors (Lipinski definition) is 2. The smallest absolute Gasteiger partial charge is 0.321 e. The number of nitrogens with zero attached hydrogens (tertiary/aromatic N) is 1. The number of likely N-dealkylation sites (tertiary alicyclic amines) is 1. The number of anilines is 1. The van der Waals surface area contributed by atoms with Crippen molar-refractivity contribution in [2.24, 2.45) is 0 Å². The fourth-order valence-electron chi connectivity index (χ4n) is 3.45. The summed E-state index contributed by atoms with van der Waals surface area (Å²) < 4.78 is 0. The van der Waals surface area contributed by atoms with Crippen molar-refractivity contribution in [1.29, 1.82) is 0 Å². The van der Waals surface area contributed by atoms with E-state index in [1.807, 2.05) is 12.1 Å². The van der Waals surface area contributed by atoms with Gasteiger partial charge < -0.3 is 10.2 Å². The summed E-state index contributed by atoms with van der Waals surface area (Å²) in [6, 6.07) is 15.5. The summed E-state index contributed by atoms with van der Waals surface area (Å²) in [5.74, 6) is 0. The van der Waals surface area contributed by atoms with E-state index in [-0.39, 0.29) is 11.6 Å². The summed E-state index contributed by atoms with van der Waals surface area (Å²) in [5, 5.41) is 3.42. The first-order valence-electron chi connectivity index (χ1n) is 9.09. The maximum Gasteiger partial charge on any atom is 0.321 e. The van der Waals surface area contributed by atoms with Gasteiger partial charge in [-0.1, -0.05) is 53.6 Å². The Morgan fingerprint density at radius 2 is 1.85 bits per heavy atom. The van der Waals surface area contributed by atoms with Gasteiger partial charge in [0.1, 0.15) is 5.60 Å². The number of hydrogen-bond acceptors (Lipinski definition) is 3. The molecule has 2 heterocycles. The molecule has 0 unspecified atom stereocenters. The molecule has 0 saturated carbocycles. The molecule has 140 valence electrons. The van der Waals surface area contributed by atoms with Crippen LogP contribution in [0.1, 0.15) is 24.0 Å². The highest BCUT2D eigenvalue weighted by Crippen LogP contribution is 2.35. The molecular formula is C21H22ClN3O2. The number of benzene rings is 2. The molecule has 2 aromatic rings. The predicted octanol–water partition coefficient (Wildman–Crippen LogP) is 4.59. The summed E-state index contributed by atoms with van der Waals surface area (Å²) >= 11 is 6.12. The van der Waals surface area contributed by atoms with E-state index >= 15 is 0 Å². The van der Waals surface area contributed by atoms with Gasteiger partial charge in [-0.3, -0.25) is 10.3 Å². The zero-order valence-electron chi connectivity index (χ0n) is 15.2. The number of para-hydroxylation sites is 1. The standard InChI is InChI=1S/C21H22ClN3O2/c1-15-6-8-16(9-7-15)19-14-21(27-24-19)10-12-25(13-11-21)20(26)23-18-5-3-2-4-17(18)22/h2-9,14,24H,10-13H2,1H3,(H,23,26). The number of hydroxylamine groups is 1. The van der Waals surface area contributed by atoms with Crippen molar-refractivity contribution in [2.45, 2.75) is 25.4 Å². The van der Waals surface area contributed by atoms with Crippen LogP contribution in [0.25, 0.3) is 5.70 Å². The van der Waals surface area contributed by atoms with Crippen molar-refractivity contribution in [1.82, 2.24) is 10.4 Å². The SMILES string of the molecule is Cc1ccc(C2=CC3(CCN(C(=O)Nc4ccccc4Cl)CC3)ON2)cc1. The van der Waals surface area contributed by atoms with Gasteiger partial charge in [-0.2, -0.15) is 0 Å². The van der Waals surface area contributed by atoms with Crippen LogP contribution in [0.3, 0.4) is 0 Å². The molecule has 2 aromatic carbocycles. The monoisotopic (exact) mass is 383 g/mol. The van der Waals surface area contributed by atoms with Crippen molar-refractivity contribution in [2.75, 3.05) is 18.4 Å². The summed E-state index contributed by atoms with van der Waals surface area (Å²) in [4.78, 5) is 20.2. The third kappa shape index (κ3) is 3.80. The topological polar surface area (TPSA) is 53.6 Å². The van der Waals surface area contributed by atoms with Gasteiger partial charge in [0, 0.05) is 25.9 Å². The lowest BCUT2D eigenvalue weighted by Gasteiger charge is -2.36. The first kappa shape index (κ1) is 17.9. The molecule has 5 nitrogen and oxygen atoms in total. The molecular weight excluding hydrogens is 362 g/mol. The molecule has 0 bridgehead atoms. The lowest BCUT2D eigenvalue weighted by atomic mass is 9.90. The first-order chi connectivity index (χ1) is 13.0. The lowest BCUT2D eigenvalue weighted by molar-refractivity contribution is -0.0634. The Hall–Kier alpha value is -2.50. The van der Waals surface area contributed by atoms with Crippen molar-refractivity contribution in [3.05, 3.63) is 70.8 Å². The minimum absolute atomic E-state index is 0.133. The second-order valence-corrected chi connectivity index (χ2v) is 7.50. The molecule has 2 amide bonds. The lowest BCUT2D eigenvalue weighted by Crippen LogP contribution is -2.48. The largest absolute Gasteiger partial charge is 0.324 e. The second kappa shape index (κ2) is 7.25. The third-order valence-electron chi connectivity index (χ3n) is 5.15. The molecule has 6 heteroatoms. The van der Waals surface area contributed by atoms with Crippen LogP contribution in [0, 0.1) is 6.92 Å². The zero-order chi connectivity index (χ0) is 18.9. The zero-order valence-corrected chi connectivity index (χ0v) is 15.9. The first-order valence-corrected chi connectivity index (χ1v) is 9.47. The predicted molar refractivity (Wildman–Crippen MR) is 107 cm³/mol. The molecule has 0 radical (unpaired) electrons. The van der Waals surface area contributed by atoms with Crippen LogP contribution in [0.2, 0.25) is 5.02 Å². The average Bonchev–Trinajstić information content (AvgIpc) is 3.08. The molecule has 1 saturated heterocycles. The molecule has 0 aliphatic carbocycles. The molecule has 2 aliphatic rings. The molecule has 1 fully saturated rings. The number of aryl methyl sites for hydroxylation is 1. The van der Waals surface area contributed by atoms with Gasteiger partial charge in [-0.05, 0) is 30.7 Å². The fraction of sp³-hybridized carbons (Fsp3) is 0.286. The van der Waals surface area contributed by atoms with E-state index in [9.17, 15) is 4.79 Å². The highest BCUT2D eigenvalue weighted by Gasteiger charge is 2.39. The number of piperidine rings is 1. The Kier molecular flexibility index (Phi) is 4.81. The average molecular weight is 384 g/mol. The fourth-order valence-corrected chi connectivity index (χ4v) is 3.63. The number of carbonyl (C=O) groups is 1. The Morgan fingerprint density at radius 1 is 1.15 bits per heavy atom. The number of urea groups is 1. The van der Waals surface area contributed by atoms with Crippen molar-refractivity contribution in [3.63, 3.8) is 0 Å². The number of halogens is 1. The molecule has 27 heavy (non-hydrogen) atoms. The second-order valence-electron chi connectivity index (χ2n) is 7.09. The maximum atomic E-state index is 12.5. The molecule has 4 rings (SSSR count). The molecule has 0 aromatic heterocycles. The van der Waals surface area contributed by atoms with Crippen LogP contribution < -0.4 is 10.8 Å². The van der Waals surface area contributed by atoms with Gasteiger partial charge in [0.05, 0.1) is 16.4 Å². The number of nitrogens with one attached hydrogen (secondary N) is 2. The Labute approximate surface area is 163 Å². The Morgan fingerprint density at radius 3 is 2.56 bits per heavy atom. The van der Waals surface area contributed by atoms with Crippen LogP contribution in [0.15, 0.2) is 54.6 Å². The van der Waals surface area contributed by atoms with Crippen LogP contribution in [-0.4, -0.2) is 29.6 Å². The molecule has 2 N–H and O–H groups in total. The minimum atomic E-state index is -0.360. The summed E-state index contributed by atoms with van der Waals surface area (Å²) in [7, 11) is 0. The summed E-state index contributed by atoms with van der Waals surface area (Å²) in [6.07, 6.45) is 3.64. The number of rotatable bonds is 2. The van der Waals surface area contributed by atoms with E-state index in [4.69, 9.17) is 16.4 Å².